The number of rotatable bonds is 5. The highest BCUT2D eigenvalue weighted by molar-refractivity contribution is 14.1. The number of nitrogens with zero attached hydrogens (tertiary/aromatic N) is 2. The Labute approximate surface area is 209 Å². The van der Waals surface area contributed by atoms with Crippen LogP contribution >= 0.6 is 49.9 Å². The number of fused-ring (bicyclic) bond motifs is 3. The summed E-state index contributed by atoms with van der Waals surface area (Å²) in [6.45, 7) is 0.433. The minimum absolute atomic E-state index is 0.0664. The molecular weight excluding hydrogens is 603 g/mol. The first-order valence-electron chi connectivity index (χ1n) is 9.70. The Kier molecular flexibility index (Phi) is 5.92. The number of aromatic nitrogens is 2. The van der Waals surface area contributed by atoms with Gasteiger partial charge in [0.15, 0.2) is 16.5 Å². The van der Waals surface area contributed by atoms with Crippen LogP contribution in [-0.4, -0.2) is 16.5 Å². The molecule has 2 aromatic heterocycles. The molecule has 0 atom stereocenters. The minimum atomic E-state index is -0.0664. The maximum atomic E-state index is 13.0. The molecule has 0 fully saturated rings. The van der Waals surface area contributed by atoms with Crippen LogP contribution in [0.4, 0.5) is 0 Å². The van der Waals surface area contributed by atoms with E-state index in [9.17, 15) is 4.79 Å². The second kappa shape index (κ2) is 8.84. The summed E-state index contributed by atoms with van der Waals surface area (Å²) in [6, 6.07) is 19.5. The number of methoxy groups -OCH3 is 1. The Bertz CT molecular complexity index is 1560. The molecule has 0 spiro atoms. The summed E-state index contributed by atoms with van der Waals surface area (Å²) in [5, 5.41) is 0. The average Bonchev–Trinajstić information content (AvgIpc) is 3.30. The maximum Gasteiger partial charge on any atom is 0.274 e. The first-order chi connectivity index (χ1) is 15.5. The molecule has 0 amide bonds. The fraction of sp³-hybridized carbons (Fsp3) is 0.0833. The van der Waals surface area contributed by atoms with E-state index >= 15 is 0 Å². The molecule has 0 saturated heterocycles. The summed E-state index contributed by atoms with van der Waals surface area (Å²) in [5.74, 6) is 1.31. The molecule has 0 aliphatic heterocycles. The van der Waals surface area contributed by atoms with Crippen molar-refractivity contribution in [1.82, 2.24) is 9.38 Å². The van der Waals surface area contributed by atoms with Crippen molar-refractivity contribution in [2.75, 3.05) is 7.11 Å². The largest absolute Gasteiger partial charge is 0.493 e. The minimum Gasteiger partial charge on any atom is -0.493 e. The molecule has 0 N–H and O–H groups in total. The molecule has 0 radical (unpaired) electrons. The van der Waals surface area contributed by atoms with Gasteiger partial charge in [0.1, 0.15) is 6.61 Å². The van der Waals surface area contributed by atoms with Crippen molar-refractivity contribution in [2.45, 2.75) is 6.61 Å². The van der Waals surface area contributed by atoms with Crippen molar-refractivity contribution in [3.63, 3.8) is 0 Å². The fourth-order valence-electron chi connectivity index (χ4n) is 3.46. The predicted octanol–water partition coefficient (Wildman–Crippen LogP) is 5.41. The third-order valence-corrected chi connectivity index (χ3v) is 7.29. The molecule has 0 saturated carbocycles. The highest BCUT2D eigenvalue weighted by Crippen LogP contribution is 2.35. The summed E-state index contributed by atoms with van der Waals surface area (Å²) >= 11 is 7.06. The third-order valence-electron chi connectivity index (χ3n) is 4.99. The zero-order valence-electron chi connectivity index (χ0n) is 16.8. The number of benzene rings is 3. The quantitative estimate of drug-likeness (QED) is 0.247. The molecule has 3 aromatic carbocycles. The van der Waals surface area contributed by atoms with Crippen LogP contribution in [0.3, 0.4) is 0 Å². The summed E-state index contributed by atoms with van der Waals surface area (Å²) < 4.78 is 15.9. The van der Waals surface area contributed by atoms with E-state index in [1.54, 1.807) is 11.5 Å². The van der Waals surface area contributed by atoms with Gasteiger partial charge in [-0.05, 0) is 76.2 Å². The van der Waals surface area contributed by atoms with Crippen LogP contribution in [0.15, 0.2) is 69.9 Å². The number of halogens is 2. The summed E-state index contributed by atoms with van der Waals surface area (Å²) in [5.41, 5.74) is 3.52. The maximum absolute atomic E-state index is 13.0. The van der Waals surface area contributed by atoms with Crippen LogP contribution in [0, 0.1) is 3.57 Å². The molecular formula is C24H16BrIN2O3S. The van der Waals surface area contributed by atoms with E-state index < -0.39 is 0 Å². The number of ether oxygens (including phenoxy) is 2. The molecule has 0 aliphatic rings. The molecule has 2 heterocycles. The van der Waals surface area contributed by atoms with Crippen LogP contribution < -0.4 is 19.6 Å². The van der Waals surface area contributed by atoms with Gasteiger partial charge in [-0.25, -0.2) is 9.38 Å². The highest BCUT2D eigenvalue weighted by atomic mass is 127. The summed E-state index contributed by atoms with van der Waals surface area (Å²) in [6.07, 6.45) is 1.87. The topological polar surface area (TPSA) is 52.8 Å². The fourth-order valence-corrected chi connectivity index (χ4v) is 5.49. The molecule has 5 nitrogen and oxygen atoms in total. The van der Waals surface area contributed by atoms with E-state index in [1.807, 2.05) is 66.7 Å². The number of imidazole rings is 1. The Morgan fingerprint density at radius 3 is 2.72 bits per heavy atom. The van der Waals surface area contributed by atoms with Crippen molar-refractivity contribution in [2.24, 2.45) is 0 Å². The van der Waals surface area contributed by atoms with Crippen LogP contribution in [0.5, 0.6) is 11.5 Å². The predicted molar refractivity (Wildman–Crippen MR) is 140 cm³/mol. The van der Waals surface area contributed by atoms with Crippen LogP contribution in [0.2, 0.25) is 0 Å². The van der Waals surface area contributed by atoms with Gasteiger partial charge in [-0.2, -0.15) is 0 Å². The van der Waals surface area contributed by atoms with E-state index in [2.05, 4.69) is 43.5 Å². The Morgan fingerprint density at radius 1 is 1.16 bits per heavy atom. The Morgan fingerprint density at radius 2 is 1.94 bits per heavy atom. The van der Waals surface area contributed by atoms with Crippen molar-refractivity contribution < 1.29 is 9.47 Å². The first-order valence-corrected chi connectivity index (χ1v) is 12.4. The Balaban J connectivity index is 1.51. The van der Waals surface area contributed by atoms with Crippen molar-refractivity contribution in [3.8, 4) is 11.5 Å². The summed E-state index contributed by atoms with van der Waals surface area (Å²) in [7, 11) is 1.62. The van der Waals surface area contributed by atoms with Crippen LogP contribution in [0.1, 0.15) is 11.1 Å². The van der Waals surface area contributed by atoms with Gasteiger partial charge in [0.05, 0.1) is 26.2 Å². The lowest BCUT2D eigenvalue weighted by atomic mass is 10.2. The lowest BCUT2D eigenvalue weighted by Crippen LogP contribution is -2.22. The van der Waals surface area contributed by atoms with Crippen LogP contribution in [0.25, 0.3) is 22.1 Å². The standard InChI is InChI=1S/C24H16BrIN2O3S/c1-30-20-11-15(10-17(26)22(20)31-13-14-6-8-16(25)9-7-14)12-21-23(29)28-19-5-3-2-4-18(19)27-24(28)32-21/h2-12H,13H2,1H3/b21-12-. The van der Waals surface area contributed by atoms with Gasteiger partial charge in [-0.15, -0.1) is 0 Å². The van der Waals surface area contributed by atoms with Gasteiger partial charge >= 0.3 is 0 Å². The van der Waals surface area contributed by atoms with Gasteiger partial charge in [0.25, 0.3) is 5.56 Å². The van der Waals surface area contributed by atoms with Crippen LogP contribution in [-0.2, 0) is 6.61 Å². The second-order valence-corrected chi connectivity index (χ2v) is 10.2. The van der Waals surface area contributed by atoms with E-state index in [1.165, 1.54) is 11.3 Å². The zero-order chi connectivity index (χ0) is 22.2. The second-order valence-electron chi connectivity index (χ2n) is 7.08. The highest BCUT2D eigenvalue weighted by Gasteiger charge is 2.14. The molecule has 5 aromatic rings. The smallest absolute Gasteiger partial charge is 0.274 e. The third kappa shape index (κ3) is 4.02. The molecule has 160 valence electrons. The average molecular weight is 619 g/mol. The van der Waals surface area contributed by atoms with Crippen molar-refractivity contribution in [1.29, 1.82) is 0 Å². The zero-order valence-corrected chi connectivity index (χ0v) is 21.4. The van der Waals surface area contributed by atoms with Gasteiger partial charge in [-0.1, -0.05) is 51.5 Å². The lowest BCUT2D eigenvalue weighted by Gasteiger charge is -2.13. The number of hydrogen-bond donors (Lipinski definition) is 0. The molecule has 0 aliphatic carbocycles. The molecule has 8 heteroatoms. The van der Waals surface area contributed by atoms with Crippen molar-refractivity contribution >= 4 is 71.9 Å². The van der Waals surface area contributed by atoms with Gasteiger partial charge in [0.2, 0.25) is 0 Å². The number of thiazole rings is 1. The van der Waals surface area contributed by atoms with E-state index in [4.69, 9.17) is 9.47 Å². The Hall–Kier alpha value is -2.43. The molecule has 0 bridgehead atoms. The normalized spacial score (nSPS) is 12.0. The SMILES string of the molecule is COc1cc(/C=c2\sc3nc4ccccc4n3c2=O)cc(I)c1OCc1ccc(Br)cc1. The lowest BCUT2D eigenvalue weighted by molar-refractivity contribution is 0.282. The number of para-hydroxylation sites is 2. The molecule has 32 heavy (non-hydrogen) atoms. The van der Waals surface area contributed by atoms with Gasteiger partial charge < -0.3 is 9.47 Å². The van der Waals surface area contributed by atoms with E-state index in [0.717, 1.165) is 30.2 Å². The summed E-state index contributed by atoms with van der Waals surface area (Å²) in [4.78, 5) is 18.3. The molecule has 0 unspecified atom stereocenters. The van der Waals surface area contributed by atoms with E-state index in [0.29, 0.717) is 27.6 Å². The van der Waals surface area contributed by atoms with Gasteiger partial charge in [-0.3, -0.25) is 4.79 Å². The van der Waals surface area contributed by atoms with Crippen molar-refractivity contribution in [3.05, 3.63) is 94.7 Å². The molecule has 5 rings (SSSR count). The van der Waals surface area contributed by atoms with Gasteiger partial charge in [0, 0.05) is 4.47 Å². The number of hydrogen-bond acceptors (Lipinski definition) is 5. The monoisotopic (exact) mass is 618 g/mol. The first kappa shape index (κ1) is 21.4. The van der Waals surface area contributed by atoms with E-state index in [-0.39, 0.29) is 5.56 Å².